The minimum Gasteiger partial charge on any atom is -0.325 e. The molecule has 29 heavy (non-hydrogen) atoms. The highest BCUT2D eigenvalue weighted by Crippen LogP contribution is 2.36. The van der Waals surface area contributed by atoms with Gasteiger partial charge in [0.2, 0.25) is 5.91 Å². The molecular weight excluding hydrogens is 407 g/mol. The van der Waals surface area contributed by atoms with E-state index in [1.165, 1.54) is 59.3 Å². The average Bonchev–Trinajstić information content (AvgIpc) is 3.32. The van der Waals surface area contributed by atoms with E-state index in [9.17, 15) is 9.18 Å². The molecule has 0 bridgehead atoms. The number of nitrogens with zero attached hydrogens (tertiary/aromatic N) is 3. The Labute approximate surface area is 177 Å². The largest absolute Gasteiger partial charge is 0.325 e. The number of anilines is 1. The van der Waals surface area contributed by atoms with E-state index < -0.39 is 0 Å². The maximum Gasteiger partial charge on any atom is 0.234 e. The van der Waals surface area contributed by atoms with Crippen molar-refractivity contribution in [1.82, 2.24) is 14.8 Å². The van der Waals surface area contributed by atoms with E-state index in [-0.39, 0.29) is 17.5 Å². The second-order valence-corrected chi connectivity index (χ2v) is 8.71. The van der Waals surface area contributed by atoms with Crippen LogP contribution in [0.4, 0.5) is 10.1 Å². The highest BCUT2D eigenvalue weighted by atomic mass is 32.2. The van der Waals surface area contributed by atoms with E-state index in [0.29, 0.717) is 17.4 Å². The molecule has 0 radical (unpaired) electrons. The molecule has 0 atom stereocenters. The number of carbonyl (C=O) groups is 1. The van der Waals surface area contributed by atoms with Gasteiger partial charge in [-0.2, -0.15) is 0 Å². The molecule has 1 N–H and O–H groups in total. The zero-order chi connectivity index (χ0) is 20.2. The Morgan fingerprint density at radius 1 is 1.28 bits per heavy atom. The van der Waals surface area contributed by atoms with Gasteiger partial charge in [-0.15, -0.1) is 28.1 Å². The molecule has 2 heterocycles. The number of benzene rings is 1. The number of halogens is 1. The molecular formula is C21H21FN4OS2. The fourth-order valence-electron chi connectivity index (χ4n) is 3.43. The first kappa shape index (κ1) is 19.8. The standard InChI is InChI=1S/C21H21FN4OS2/c1-2-11-26-20(17-12-28-18-6-4-3-5-16(17)18)24-25-21(26)29-13-19(27)23-15-9-7-14(22)8-10-15/h2,7-10,12H,1,3-6,11,13H2,(H,23,27). The molecule has 0 aliphatic heterocycles. The second-order valence-electron chi connectivity index (χ2n) is 6.81. The lowest BCUT2D eigenvalue weighted by atomic mass is 9.95. The van der Waals surface area contributed by atoms with Crippen molar-refractivity contribution in [3.63, 3.8) is 0 Å². The van der Waals surface area contributed by atoms with Gasteiger partial charge >= 0.3 is 0 Å². The summed E-state index contributed by atoms with van der Waals surface area (Å²) >= 11 is 3.13. The van der Waals surface area contributed by atoms with Crippen LogP contribution in [0.3, 0.4) is 0 Å². The highest BCUT2D eigenvalue weighted by molar-refractivity contribution is 7.99. The number of allylic oxidation sites excluding steroid dienone is 1. The van der Waals surface area contributed by atoms with Crippen molar-refractivity contribution in [2.75, 3.05) is 11.1 Å². The van der Waals surface area contributed by atoms with E-state index in [1.807, 2.05) is 10.6 Å². The molecule has 0 saturated heterocycles. The molecule has 1 aliphatic rings. The van der Waals surface area contributed by atoms with Crippen LogP contribution in [0, 0.1) is 5.82 Å². The number of hydrogen-bond donors (Lipinski definition) is 1. The van der Waals surface area contributed by atoms with Gasteiger partial charge in [-0.1, -0.05) is 17.8 Å². The number of carbonyl (C=O) groups excluding carboxylic acids is 1. The summed E-state index contributed by atoms with van der Waals surface area (Å²) in [5.74, 6) is 0.516. The molecule has 0 unspecified atom stereocenters. The topological polar surface area (TPSA) is 59.8 Å². The molecule has 2 aromatic heterocycles. The van der Waals surface area contributed by atoms with Crippen molar-refractivity contribution in [1.29, 1.82) is 0 Å². The molecule has 5 nitrogen and oxygen atoms in total. The lowest BCUT2D eigenvalue weighted by Gasteiger charge is -2.13. The smallest absolute Gasteiger partial charge is 0.234 e. The second kappa shape index (κ2) is 8.92. The van der Waals surface area contributed by atoms with Crippen LogP contribution in [-0.2, 0) is 24.2 Å². The third kappa shape index (κ3) is 4.43. The summed E-state index contributed by atoms with van der Waals surface area (Å²) in [6, 6.07) is 5.71. The minimum absolute atomic E-state index is 0.177. The maximum atomic E-state index is 13.0. The lowest BCUT2D eigenvalue weighted by molar-refractivity contribution is -0.113. The third-order valence-corrected chi connectivity index (χ3v) is 6.85. The molecule has 0 saturated carbocycles. The van der Waals surface area contributed by atoms with Gasteiger partial charge in [-0.3, -0.25) is 9.36 Å². The normalized spacial score (nSPS) is 13.1. The number of aromatic nitrogens is 3. The molecule has 8 heteroatoms. The van der Waals surface area contributed by atoms with Crippen LogP contribution >= 0.6 is 23.1 Å². The van der Waals surface area contributed by atoms with Gasteiger partial charge < -0.3 is 5.32 Å². The summed E-state index contributed by atoms with van der Waals surface area (Å²) in [5, 5.41) is 14.4. The predicted octanol–water partition coefficient (Wildman–Crippen LogP) is 4.94. The number of aryl methyl sites for hydroxylation is 1. The van der Waals surface area contributed by atoms with Gasteiger partial charge in [0.05, 0.1) is 5.75 Å². The van der Waals surface area contributed by atoms with Crippen molar-refractivity contribution in [3.05, 3.63) is 58.6 Å². The van der Waals surface area contributed by atoms with Crippen molar-refractivity contribution in [2.45, 2.75) is 37.4 Å². The predicted molar refractivity (Wildman–Crippen MR) is 116 cm³/mol. The number of amides is 1. The number of hydrogen-bond acceptors (Lipinski definition) is 5. The summed E-state index contributed by atoms with van der Waals surface area (Å²) < 4.78 is 15.0. The van der Waals surface area contributed by atoms with Gasteiger partial charge in [-0.05, 0) is 55.5 Å². The van der Waals surface area contributed by atoms with Crippen LogP contribution in [0.1, 0.15) is 23.3 Å². The molecule has 4 rings (SSSR count). The Morgan fingerprint density at radius 2 is 2.07 bits per heavy atom. The fourth-order valence-corrected chi connectivity index (χ4v) is 5.30. The minimum atomic E-state index is -0.335. The zero-order valence-corrected chi connectivity index (χ0v) is 17.5. The molecule has 150 valence electrons. The molecule has 1 amide bonds. The lowest BCUT2D eigenvalue weighted by Crippen LogP contribution is -2.14. The fraction of sp³-hybridized carbons (Fsp3) is 0.286. The Bertz CT molecular complexity index is 1030. The van der Waals surface area contributed by atoms with Crippen molar-refractivity contribution in [3.8, 4) is 11.4 Å². The summed E-state index contributed by atoms with van der Waals surface area (Å²) in [6.45, 7) is 4.43. The number of nitrogens with one attached hydrogen (secondary N) is 1. The van der Waals surface area contributed by atoms with Gasteiger partial charge in [0, 0.05) is 28.1 Å². The van der Waals surface area contributed by atoms with Crippen molar-refractivity contribution in [2.24, 2.45) is 0 Å². The first-order valence-corrected chi connectivity index (χ1v) is 11.3. The number of fused-ring (bicyclic) bond motifs is 1. The van der Waals surface area contributed by atoms with E-state index in [1.54, 1.807) is 11.3 Å². The summed E-state index contributed by atoms with van der Waals surface area (Å²) in [7, 11) is 0. The Balaban J connectivity index is 1.49. The summed E-state index contributed by atoms with van der Waals surface area (Å²) in [6.07, 6.45) is 6.49. The molecule has 3 aromatic rings. The molecule has 1 aromatic carbocycles. The van der Waals surface area contributed by atoms with Crippen LogP contribution in [-0.4, -0.2) is 26.4 Å². The Morgan fingerprint density at radius 3 is 2.86 bits per heavy atom. The maximum absolute atomic E-state index is 13.0. The van der Waals surface area contributed by atoms with E-state index in [4.69, 9.17) is 0 Å². The summed E-state index contributed by atoms with van der Waals surface area (Å²) in [5.41, 5.74) is 3.11. The quantitative estimate of drug-likeness (QED) is 0.428. The van der Waals surface area contributed by atoms with E-state index in [0.717, 1.165) is 24.2 Å². The van der Waals surface area contributed by atoms with Gasteiger partial charge in [0.1, 0.15) is 5.82 Å². The molecule has 0 fully saturated rings. The van der Waals surface area contributed by atoms with Gasteiger partial charge in [-0.25, -0.2) is 4.39 Å². The number of rotatable bonds is 7. The van der Waals surface area contributed by atoms with Crippen molar-refractivity contribution >= 4 is 34.7 Å². The van der Waals surface area contributed by atoms with Crippen LogP contribution in [0.5, 0.6) is 0 Å². The van der Waals surface area contributed by atoms with Crippen LogP contribution in [0.2, 0.25) is 0 Å². The van der Waals surface area contributed by atoms with Gasteiger partial charge in [0.25, 0.3) is 0 Å². The van der Waals surface area contributed by atoms with Crippen molar-refractivity contribution < 1.29 is 9.18 Å². The van der Waals surface area contributed by atoms with Crippen LogP contribution in [0.15, 0.2) is 47.5 Å². The zero-order valence-electron chi connectivity index (χ0n) is 15.9. The number of thioether (sulfide) groups is 1. The first-order valence-electron chi connectivity index (χ1n) is 9.47. The monoisotopic (exact) mass is 428 g/mol. The average molecular weight is 429 g/mol. The molecule has 1 aliphatic carbocycles. The SMILES string of the molecule is C=CCn1c(SCC(=O)Nc2ccc(F)cc2)nnc1-c1csc2c1CCCC2. The third-order valence-electron chi connectivity index (χ3n) is 4.79. The molecule has 0 spiro atoms. The van der Waals surface area contributed by atoms with Gasteiger partial charge in [0.15, 0.2) is 11.0 Å². The first-order chi connectivity index (χ1) is 14.2. The van der Waals surface area contributed by atoms with Crippen LogP contribution in [0.25, 0.3) is 11.4 Å². The van der Waals surface area contributed by atoms with E-state index >= 15 is 0 Å². The van der Waals surface area contributed by atoms with Crippen LogP contribution < -0.4 is 5.32 Å². The summed E-state index contributed by atoms with van der Waals surface area (Å²) in [4.78, 5) is 13.7. The highest BCUT2D eigenvalue weighted by Gasteiger charge is 2.22. The Kier molecular flexibility index (Phi) is 6.10. The van der Waals surface area contributed by atoms with E-state index in [2.05, 4.69) is 27.5 Å². The number of thiophene rings is 1. The Hall–Kier alpha value is -2.45.